The van der Waals surface area contributed by atoms with E-state index >= 15 is 0 Å². The van der Waals surface area contributed by atoms with Crippen molar-refractivity contribution in [3.8, 4) is 5.75 Å². The lowest BCUT2D eigenvalue weighted by molar-refractivity contribution is -0.0498. The summed E-state index contributed by atoms with van der Waals surface area (Å²) in [5.41, 5.74) is -0.244. The number of amides is 2. The van der Waals surface area contributed by atoms with E-state index in [0.717, 1.165) is 5.56 Å². The van der Waals surface area contributed by atoms with Crippen LogP contribution in [0.25, 0.3) is 0 Å². The summed E-state index contributed by atoms with van der Waals surface area (Å²) in [6, 6.07) is 5.31. The lowest BCUT2D eigenvalue weighted by Crippen LogP contribution is -2.47. The first-order valence-corrected chi connectivity index (χ1v) is 7.43. The molecule has 2 amide bonds. The van der Waals surface area contributed by atoms with Gasteiger partial charge in [0.1, 0.15) is 5.75 Å². The first kappa shape index (κ1) is 19.2. The van der Waals surface area contributed by atoms with Gasteiger partial charge in [-0.05, 0) is 37.5 Å². The average Bonchev–Trinajstić information content (AvgIpc) is 2.45. The fraction of sp³-hybridized carbons (Fsp3) is 0.562. The van der Waals surface area contributed by atoms with Crippen LogP contribution >= 0.6 is 0 Å². The Labute approximate surface area is 135 Å². The summed E-state index contributed by atoms with van der Waals surface area (Å²) < 4.78 is 28.4. The fourth-order valence-corrected chi connectivity index (χ4v) is 1.73. The normalized spacial score (nSPS) is 15.2. The van der Waals surface area contributed by atoms with Gasteiger partial charge in [-0.3, -0.25) is 0 Å². The molecule has 2 atom stereocenters. The van der Waals surface area contributed by atoms with Crippen molar-refractivity contribution in [1.29, 1.82) is 0 Å². The third kappa shape index (κ3) is 6.40. The fourth-order valence-electron chi connectivity index (χ4n) is 1.73. The summed E-state index contributed by atoms with van der Waals surface area (Å²) in [6.07, 6.45) is 0. The van der Waals surface area contributed by atoms with Crippen molar-refractivity contribution in [3.05, 3.63) is 29.8 Å². The third-order valence-corrected chi connectivity index (χ3v) is 3.80. The SMILES string of the molecule is CC(NC(=O)NCC(C)(O)C(C)C)c1ccc(OC(F)F)cc1. The molecule has 7 heteroatoms. The van der Waals surface area contributed by atoms with E-state index in [1.165, 1.54) is 12.1 Å². The summed E-state index contributed by atoms with van der Waals surface area (Å²) in [5, 5.41) is 15.4. The van der Waals surface area contributed by atoms with Gasteiger partial charge in [0.25, 0.3) is 0 Å². The number of carbonyl (C=O) groups is 1. The quantitative estimate of drug-likeness (QED) is 0.719. The molecule has 2 unspecified atom stereocenters. The zero-order chi connectivity index (χ0) is 17.6. The summed E-state index contributed by atoms with van der Waals surface area (Å²) in [4.78, 5) is 11.9. The Morgan fingerprint density at radius 3 is 2.30 bits per heavy atom. The van der Waals surface area contributed by atoms with Gasteiger partial charge in [0, 0.05) is 6.54 Å². The highest BCUT2D eigenvalue weighted by Gasteiger charge is 2.25. The Balaban J connectivity index is 2.52. The van der Waals surface area contributed by atoms with E-state index in [-0.39, 0.29) is 24.3 Å². The van der Waals surface area contributed by atoms with Crippen LogP contribution in [0.4, 0.5) is 13.6 Å². The number of hydrogen-bond acceptors (Lipinski definition) is 3. The zero-order valence-corrected chi connectivity index (χ0v) is 13.8. The molecule has 1 aromatic carbocycles. The van der Waals surface area contributed by atoms with Gasteiger partial charge in [-0.25, -0.2) is 4.79 Å². The van der Waals surface area contributed by atoms with E-state index in [9.17, 15) is 18.7 Å². The summed E-state index contributed by atoms with van der Waals surface area (Å²) in [7, 11) is 0. The smallest absolute Gasteiger partial charge is 0.387 e. The van der Waals surface area contributed by atoms with Crippen LogP contribution in [0.15, 0.2) is 24.3 Å². The van der Waals surface area contributed by atoms with Crippen LogP contribution < -0.4 is 15.4 Å². The Hall–Kier alpha value is -1.89. The number of nitrogens with one attached hydrogen (secondary N) is 2. The molecule has 3 N–H and O–H groups in total. The largest absolute Gasteiger partial charge is 0.435 e. The predicted molar refractivity (Wildman–Crippen MR) is 83.5 cm³/mol. The molecule has 1 aromatic rings. The van der Waals surface area contributed by atoms with E-state index in [0.29, 0.717) is 0 Å². The second-order valence-corrected chi connectivity index (χ2v) is 6.01. The first-order valence-electron chi connectivity index (χ1n) is 7.43. The first-order chi connectivity index (χ1) is 10.6. The molecule has 1 rings (SSSR count). The van der Waals surface area contributed by atoms with Gasteiger partial charge in [-0.15, -0.1) is 0 Å². The van der Waals surface area contributed by atoms with Gasteiger partial charge < -0.3 is 20.5 Å². The van der Waals surface area contributed by atoms with Gasteiger partial charge >= 0.3 is 12.6 Å². The maximum Gasteiger partial charge on any atom is 0.387 e. The molecule has 0 saturated heterocycles. The number of halogens is 2. The summed E-state index contributed by atoms with van der Waals surface area (Å²) in [5.74, 6) is 0.0657. The highest BCUT2D eigenvalue weighted by molar-refractivity contribution is 5.74. The van der Waals surface area contributed by atoms with Crippen LogP contribution in [0.2, 0.25) is 0 Å². The molecule has 0 aliphatic carbocycles. The standard InChI is InChI=1S/C16H24F2N2O3/c1-10(2)16(4,22)9-19-15(21)20-11(3)12-5-7-13(8-6-12)23-14(17)18/h5-8,10-11,14,22H,9H2,1-4H3,(H2,19,20,21). The Morgan fingerprint density at radius 1 is 1.26 bits per heavy atom. The summed E-state index contributed by atoms with van der Waals surface area (Å²) >= 11 is 0. The van der Waals surface area contributed by atoms with Crippen LogP contribution in [0, 0.1) is 5.92 Å². The lowest BCUT2D eigenvalue weighted by Gasteiger charge is -2.28. The van der Waals surface area contributed by atoms with Crippen molar-refractivity contribution in [3.63, 3.8) is 0 Å². The van der Waals surface area contributed by atoms with Gasteiger partial charge in [0.05, 0.1) is 11.6 Å². The van der Waals surface area contributed by atoms with Crippen LogP contribution in [-0.4, -0.2) is 29.9 Å². The molecule has 0 radical (unpaired) electrons. The minimum absolute atomic E-state index is 0.00241. The molecule has 0 spiro atoms. The number of carbonyl (C=O) groups excluding carboxylic acids is 1. The number of rotatable bonds is 7. The van der Waals surface area contributed by atoms with E-state index in [2.05, 4.69) is 15.4 Å². The summed E-state index contributed by atoms with van der Waals surface area (Å²) in [6.45, 7) is 4.42. The van der Waals surface area contributed by atoms with E-state index in [1.54, 1.807) is 26.0 Å². The second kappa shape index (κ2) is 8.10. The van der Waals surface area contributed by atoms with Crippen molar-refractivity contribution >= 4 is 6.03 Å². The highest BCUT2D eigenvalue weighted by atomic mass is 19.3. The highest BCUT2D eigenvalue weighted by Crippen LogP contribution is 2.19. The molecule has 0 saturated carbocycles. The van der Waals surface area contributed by atoms with Crippen molar-refractivity contribution < 1.29 is 23.4 Å². The second-order valence-electron chi connectivity index (χ2n) is 6.01. The Kier molecular flexibility index (Phi) is 6.75. The van der Waals surface area contributed by atoms with Crippen LogP contribution in [0.3, 0.4) is 0 Å². The van der Waals surface area contributed by atoms with Gasteiger partial charge in [0.15, 0.2) is 0 Å². The Bertz CT molecular complexity index is 505. The molecule has 0 heterocycles. The van der Waals surface area contributed by atoms with Gasteiger partial charge in [-0.2, -0.15) is 8.78 Å². The van der Waals surface area contributed by atoms with Crippen LogP contribution in [0.1, 0.15) is 39.3 Å². The Morgan fingerprint density at radius 2 is 1.83 bits per heavy atom. The predicted octanol–water partition coefficient (Wildman–Crippen LogP) is 3.06. The molecule has 0 fully saturated rings. The molecular weight excluding hydrogens is 306 g/mol. The molecule has 130 valence electrons. The van der Waals surface area contributed by atoms with Crippen molar-refractivity contribution in [1.82, 2.24) is 10.6 Å². The number of ether oxygens (including phenoxy) is 1. The number of aliphatic hydroxyl groups is 1. The number of alkyl halides is 2. The molecule has 0 bridgehead atoms. The molecule has 0 aliphatic rings. The van der Waals surface area contributed by atoms with Crippen LogP contribution in [0.5, 0.6) is 5.75 Å². The maximum absolute atomic E-state index is 12.1. The maximum atomic E-state index is 12.1. The van der Waals surface area contributed by atoms with Crippen molar-refractivity contribution in [2.24, 2.45) is 5.92 Å². The molecular formula is C16H24F2N2O3. The molecule has 0 aromatic heterocycles. The third-order valence-electron chi connectivity index (χ3n) is 3.80. The minimum Gasteiger partial charge on any atom is -0.435 e. The van der Waals surface area contributed by atoms with Crippen molar-refractivity contribution in [2.75, 3.05) is 6.54 Å². The van der Waals surface area contributed by atoms with E-state index in [4.69, 9.17) is 0 Å². The number of hydrogen-bond donors (Lipinski definition) is 3. The minimum atomic E-state index is -2.86. The number of urea groups is 1. The lowest BCUT2D eigenvalue weighted by atomic mass is 9.93. The number of benzene rings is 1. The average molecular weight is 330 g/mol. The van der Waals surface area contributed by atoms with Crippen LogP contribution in [-0.2, 0) is 0 Å². The molecule has 23 heavy (non-hydrogen) atoms. The zero-order valence-electron chi connectivity index (χ0n) is 13.8. The van der Waals surface area contributed by atoms with E-state index in [1.807, 2.05) is 13.8 Å². The van der Waals surface area contributed by atoms with Crippen molar-refractivity contribution in [2.45, 2.75) is 45.9 Å². The van der Waals surface area contributed by atoms with E-state index < -0.39 is 18.2 Å². The topological polar surface area (TPSA) is 70.6 Å². The monoisotopic (exact) mass is 330 g/mol. The van der Waals surface area contributed by atoms with Gasteiger partial charge in [0.2, 0.25) is 0 Å². The van der Waals surface area contributed by atoms with Gasteiger partial charge in [-0.1, -0.05) is 26.0 Å². The molecule has 5 nitrogen and oxygen atoms in total. The molecule has 0 aliphatic heterocycles.